The summed E-state index contributed by atoms with van der Waals surface area (Å²) in [6.07, 6.45) is -4.65. The van der Waals surface area contributed by atoms with Crippen molar-refractivity contribution in [3.8, 4) is 0 Å². The van der Waals surface area contributed by atoms with Gasteiger partial charge < -0.3 is 0 Å². The maximum Gasteiger partial charge on any atom is 0.416 e. The first-order valence-corrected chi connectivity index (χ1v) is 6.36. The Balaban J connectivity index is 2.54. The molecular formula is C14H6BrF5O. The van der Waals surface area contributed by atoms with Crippen LogP contribution in [0.1, 0.15) is 21.5 Å². The van der Waals surface area contributed by atoms with E-state index in [1.807, 2.05) is 0 Å². The summed E-state index contributed by atoms with van der Waals surface area (Å²) in [7, 11) is 0. The number of carbonyl (C=O) groups excluding carboxylic acids is 1. The fourth-order valence-corrected chi connectivity index (χ4v) is 2.05. The van der Waals surface area contributed by atoms with Crippen LogP contribution in [0.5, 0.6) is 0 Å². The highest BCUT2D eigenvalue weighted by molar-refractivity contribution is 9.10. The highest BCUT2D eigenvalue weighted by Gasteiger charge is 2.31. The number of halogens is 6. The lowest BCUT2D eigenvalue weighted by molar-refractivity contribution is -0.137. The highest BCUT2D eigenvalue weighted by atomic mass is 79.9. The van der Waals surface area contributed by atoms with Crippen molar-refractivity contribution >= 4 is 21.7 Å². The predicted molar refractivity (Wildman–Crippen MR) is 68.9 cm³/mol. The lowest BCUT2D eigenvalue weighted by Gasteiger charge is -2.09. The number of hydrogen-bond acceptors (Lipinski definition) is 1. The van der Waals surface area contributed by atoms with Crippen molar-refractivity contribution in [2.45, 2.75) is 6.18 Å². The molecule has 0 radical (unpaired) electrons. The number of ketones is 1. The summed E-state index contributed by atoms with van der Waals surface area (Å²) < 4.78 is 65.0. The summed E-state index contributed by atoms with van der Waals surface area (Å²) in [4.78, 5) is 12.1. The van der Waals surface area contributed by atoms with Gasteiger partial charge in [0.05, 0.1) is 15.6 Å². The van der Waals surface area contributed by atoms with E-state index in [9.17, 15) is 26.7 Å². The summed E-state index contributed by atoms with van der Waals surface area (Å²) >= 11 is 2.79. The summed E-state index contributed by atoms with van der Waals surface area (Å²) in [5.41, 5.74) is -2.41. The van der Waals surface area contributed by atoms with Crippen LogP contribution in [0, 0.1) is 11.6 Å². The molecule has 0 saturated carbocycles. The van der Waals surface area contributed by atoms with E-state index in [-0.39, 0.29) is 4.47 Å². The molecule has 0 heterocycles. The highest BCUT2D eigenvalue weighted by Crippen LogP contribution is 2.31. The van der Waals surface area contributed by atoms with Crippen molar-refractivity contribution in [2.75, 3.05) is 0 Å². The number of benzene rings is 2. The van der Waals surface area contributed by atoms with Gasteiger partial charge in [0.2, 0.25) is 0 Å². The molecule has 0 spiro atoms. The number of alkyl halides is 3. The molecule has 0 amide bonds. The quantitative estimate of drug-likeness (QED) is 0.417. The molecule has 0 atom stereocenters. The van der Waals surface area contributed by atoms with Crippen molar-refractivity contribution in [1.29, 1.82) is 0 Å². The molecule has 1 nitrogen and oxygen atoms in total. The summed E-state index contributed by atoms with van der Waals surface area (Å²) in [6, 6.07) is 5.31. The van der Waals surface area contributed by atoms with Gasteiger partial charge >= 0.3 is 6.18 Å². The lowest BCUT2D eigenvalue weighted by Crippen LogP contribution is -2.11. The number of hydrogen-bond donors (Lipinski definition) is 0. The third-order valence-electron chi connectivity index (χ3n) is 2.72. The van der Waals surface area contributed by atoms with Gasteiger partial charge in [0.25, 0.3) is 0 Å². The molecule has 110 valence electrons. The molecule has 2 aromatic carbocycles. The largest absolute Gasteiger partial charge is 0.416 e. The first-order chi connectivity index (χ1) is 9.71. The fourth-order valence-electron chi connectivity index (χ4n) is 1.72. The Morgan fingerprint density at radius 2 is 1.71 bits per heavy atom. The molecule has 0 saturated heterocycles. The smallest absolute Gasteiger partial charge is 0.288 e. The lowest BCUT2D eigenvalue weighted by atomic mass is 10.0. The van der Waals surface area contributed by atoms with Gasteiger partial charge in [-0.05, 0) is 40.2 Å². The van der Waals surface area contributed by atoms with Crippen LogP contribution in [0.4, 0.5) is 22.0 Å². The van der Waals surface area contributed by atoms with E-state index in [0.717, 1.165) is 30.3 Å². The van der Waals surface area contributed by atoms with Crippen LogP contribution < -0.4 is 0 Å². The Morgan fingerprint density at radius 1 is 1.05 bits per heavy atom. The van der Waals surface area contributed by atoms with Gasteiger partial charge in [-0.25, -0.2) is 8.78 Å². The molecule has 7 heteroatoms. The third kappa shape index (κ3) is 3.12. The van der Waals surface area contributed by atoms with Gasteiger partial charge in [-0.1, -0.05) is 12.1 Å². The molecule has 21 heavy (non-hydrogen) atoms. The normalized spacial score (nSPS) is 11.5. The van der Waals surface area contributed by atoms with Crippen LogP contribution in [0.3, 0.4) is 0 Å². The van der Waals surface area contributed by atoms with E-state index in [4.69, 9.17) is 0 Å². The molecule has 0 aliphatic carbocycles. The minimum atomic E-state index is -4.65. The Kier molecular flexibility index (Phi) is 4.13. The predicted octanol–water partition coefficient (Wildman–Crippen LogP) is 4.98. The van der Waals surface area contributed by atoms with E-state index in [0.29, 0.717) is 6.07 Å². The van der Waals surface area contributed by atoms with Crippen LogP contribution in [-0.4, -0.2) is 5.78 Å². The standard InChI is InChI=1S/C14H6BrF5O/c15-9-4-5-10(16)11(12(9)17)13(21)7-2-1-3-8(6-7)14(18,19)20/h1-6H. The zero-order chi connectivity index (χ0) is 15.8. The maximum absolute atomic E-state index is 13.8. The van der Waals surface area contributed by atoms with E-state index < -0.39 is 40.3 Å². The van der Waals surface area contributed by atoms with Crippen molar-refractivity contribution < 1.29 is 26.7 Å². The molecule has 0 N–H and O–H groups in total. The van der Waals surface area contributed by atoms with E-state index in [2.05, 4.69) is 15.9 Å². The van der Waals surface area contributed by atoms with E-state index in [1.165, 1.54) is 0 Å². The Labute approximate surface area is 124 Å². The molecule has 0 unspecified atom stereocenters. The first kappa shape index (κ1) is 15.6. The van der Waals surface area contributed by atoms with Gasteiger partial charge in [-0.15, -0.1) is 0 Å². The Bertz CT molecular complexity index is 709. The van der Waals surface area contributed by atoms with Crippen LogP contribution in [0.15, 0.2) is 40.9 Å². The van der Waals surface area contributed by atoms with Crippen molar-refractivity contribution in [2.24, 2.45) is 0 Å². The van der Waals surface area contributed by atoms with Crippen LogP contribution in [0.2, 0.25) is 0 Å². The summed E-state index contributed by atoms with van der Waals surface area (Å²) in [5.74, 6) is -3.45. The summed E-state index contributed by atoms with van der Waals surface area (Å²) in [5, 5.41) is 0. The van der Waals surface area contributed by atoms with Gasteiger partial charge in [0, 0.05) is 5.56 Å². The van der Waals surface area contributed by atoms with Crippen molar-refractivity contribution in [3.05, 3.63) is 69.2 Å². The van der Waals surface area contributed by atoms with Gasteiger partial charge in [-0.2, -0.15) is 13.2 Å². The molecule has 0 aliphatic rings. The number of carbonyl (C=O) groups is 1. The molecule has 2 rings (SSSR count). The zero-order valence-corrected chi connectivity index (χ0v) is 11.7. The van der Waals surface area contributed by atoms with Gasteiger partial charge in [0.15, 0.2) is 11.6 Å². The number of rotatable bonds is 2. The Morgan fingerprint density at radius 3 is 2.33 bits per heavy atom. The SMILES string of the molecule is O=C(c1cccc(C(F)(F)F)c1)c1c(F)ccc(Br)c1F. The Hall–Kier alpha value is -1.76. The average Bonchev–Trinajstić information content (AvgIpc) is 2.42. The molecule has 2 aromatic rings. The second kappa shape index (κ2) is 5.55. The van der Waals surface area contributed by atoms with Crippen LogP contribution in [0.25, 0.3) is 0 Å². The second-order valence-corrected chi connectivity index (χ2v) is 4.98. The summed E-state index contributed by atoms with van der Waals surface area (Å²) in [6.45, 7) is 0. The topological polar surface area (TPSA) is 17.1 Å². The second-order valence-electron chi connectivity index (χ2n) is 4.13. The fraction of sp³-hybridized carbons (Fsp3) is 0.0714. The minimum absolute atomic E-state index is 0.153. The average molecular weight is 365 g/mol. The van der Waals surface area contributed by atoms with E-state index >= 15 is 0 Å². The van der Waals surface area contributed by atoms with Gasteiger partial charge in [-0.3, -0.25) is 4.79 Å². The molecular weight excluding hydrogens is 359 g/mol. The molecule has 0 aliphatic heterocycles. The van der Waals surface area contributed by atoms with Crippen LogP contribution in [-0.2, 0) is 6.18 Å². The van der Waals surface area contributed by atoms with Gasteiger partial charge in [0.1, 0.15) is 5.82 Å². The monoisotopic (exact) mass is 364 g/mol. The minimum Gasteiger partial charge on any atom is -0.288 e. The van der Waals surface area contributed by atoms with Crippen LogP contribution >= 0.6 is 15.9 Å². The third-order valence-corrected chi connectivity index (χ3v) is 3.34. The first-order valence-electron chi connectivity index (χ1n) is 5.57. The molecule has 0 fully saturated rings. The van der Waals surface area contributed by atoms with Crippen molar-refractivity contribution in [1.82, 2.24) is 0 Å². The molecule has 0 aromatic heterocycles. The molecule has 0 bridgehead atoms. The zero-order valence-electron chi connectivity index (χ0n) is 10.1. The van der Waals surface area contributed by atoms with E-state index in [1.54, 1.807) is 0 Å². The maximum atomic E-state index is 13.8. The van der Waals surface area contributed by atoms with Crippen molar-refractivity contribution in [3.63, 3.8) is 0 Å².